The first-order chi connectivity index (χ1) is 14.7. The van der Waals surface area contributed by atoms with Crippen LogP contribution < -0.4 is 10.6 Å². The lowest BCUT2D eigenvalue weighted by Gasteiger charge is -2.15. The molecular formula is C21H25N5O5. The Bertz CT molecular complexity index is 1010. The van der Waals surface area contributed by atoms with Gasteiger partial charge < -0.3 is 10.6 Å². The fourth-order valence-corrected chi connectivity index (χ4v) is 2.65. The Morgan fingerprint density at radius 1 is 1.06 bits per heavy atom. The van der Waals surface area contributed by atoms with E-state index < -0.39 is 21.2 Å². The van der Waals surface area contributed by atoms with E-state index in [-0.39, 0.29) is 17.2 Å². The number of non-ortho nitro benzene ring substituents is 1. The number of aryl methyl sites for hydroxylation is 1. The SMILES string of the molecule is CCC.CCCc1ccc(Nc2c(C#N)cc([N+](=O)[O-])cc2[N+](=O)[O-])c(NC(C)=O)c1. The number of nitrogens with zero attached hydrogens (tertiary/aromatic N) is 3. The number of anilines is 3. The van der Waals surface area contributed by atoms with Crippen LogP contribution in [0, 0.1) is 31.6 Å². The summed E-state index contributed by atoms with van der Waals surface area (Å²) in [6, 6.07) is 8.63. The number of nitro groups is 2. The van der Waals surface area contributed by atoms with E-state index in [0.717, 1.165) is 30.5 Å². The molecule has 0 aliphatic rings. The monoisotopic (exact) mass is 427 g/mol. The van der Waals surface area contributed by atoms with Gasteiger partial charge in [0.1, 0.15) is 11.8 Å². The maximum atomic E-state index is 11.5. The van der Waals surface area contributed by atoms with Crippen LogP contribution >= 0.6 is 0 Å². The Hall–Kier alpha value is -4.00. The number of carbonyl (C=O) groups is 1. The number of benzene rings is 2. The van der Waals surface area contributed by atoms with Crippen molar-refractivity contribution >= 4 is 34.3 Å². The Balaban J connectivity index is 0.00000151. The Kier molecular flexibility index (Phi) is 9.59. The molecule has 1 amide bonds. The highest BCUT2D eigenvalue weighted by molar-refractivity contribution is 5.94. The number of hydrogen-bond donors (Lipinski definition) is 2. The molecule has 0 fully saturated rings. The summed E-state index contributed by atoms with van der Waals surface area (Å²) < 4.78 is 0. The molecule has 0 unspecified atom stereocenters. The van der Waals surface area contributed by atoms with E-state index in [2.05, 4.69) is 24.5 Å². The van der Waals surface area contributed by atoms with Crippen LogP contribution in [0.4, 0.5) is 28.4 Å². The average molecular weight is 427 g/mol. The van der Waals surface area contributed by atoms with Crippen molar-refractivity contribution in [2.75, 3.05) is 10.6 Å². The van der Waals surface area contributed by atoms with E-state index in [4.69, 9.17) is 0 Å². The summed E-state index contributed by atoms with van der Waals surface area (Å²) in [7, 11) is 0. The van der Waals surface area contributed by atoms with Crippen LogP contribution in [0.2, 0.25) is 0 Å². The van der Waals surface area contributed by atoms with E-state index in [0.29, 0.717) is 11.4 Å². The van der Waals surface area contributed by atoms with Gasteiger partial charge in [-0.2, -0.15) is 5.26 Å². The molecule has 10 heteroatoms. The van der Waals surface area contributed by atoms with E-state index in [9.17, 15) is 30.3 Å². The molecule has 0 spiro atoms. The van der Waals surface area contributed by atoms with Crippen molar-refractivity contribution in [2.45, 2.75) is 47.0 Å². The molecular weight excluding hydrogens is 402 g/mol. The molecule has 0 aliphatic carbocycles. The van der Waals surface area contributed by atoms with Crippen molar-refractivity contribution in [1.29, 1.82) is 5.26 Å². The molecule has 0 atom stereocenters. The van der Waals surface area contributed by atoms with Crippen molar-refractivity contribution < 1.29 is 14.6 Å². The summed E-state index contributed by atoms with van der Waals surface area (Å²) in [4.78, 5) is 32.3. The zero-order valence-electron chi connectivity index (χ0n) is 17.9. The summed E-state index contributed by atoms with van der Waals surface area (Å²) in [6.07, 6.45) is 2.91. The predicted molar refractivity (Wildman–Crippen MR) is 118 cm³/mol. The minimum atomic E-state index is -0.806. The van der Waals surface area contributed by atoms with Crippen LogP contribution in [0.15, 0.2) is 30.3 Å². The fourth-order valence-electron chi connectivity index (χ4n) is 2.65. The molecule has 0 aromatic heterocycles. The van der Waals surface area contributed by atoms with Crippen molar-refractivity contribution in [3.63, 3.8) is 0 Å². The molecule has 10 nitrogen and oxygen atoms in total. The summed E-state index contributed by atoms with van der Waals surface area (Å²) in [5, 5.41) is 37.2. The largest absolute Gasteiger partial charge is 0.347 e. The predicted octanol–water partition coefficient (Wildman–Crippen LogP) is 5.45. The quantitative estimate of drug-likeness (QED) is 0.440. The van der Waals surface area contributed by atoms with Crippen molar-refractivity contribution in [1.82, 2.24) is 0 Å². The van der Waals surface area contributed by atoms with Crippen LogP contribution in [-0.4, -0.2) is 15.8 Å². The first-order valence-electron chi connectivity index (χ1n) is 9.72. The lowest BCUT2D eigenvalue weighted by Crippen LogP contribution is -2.09. The first kappa shape index (κ1) is 25.0. The van der Waals surface area contributed by atoms with Crippen LogP contribution in [-0.2, 0) is 11.2 Å². The van der Waals surface area contributed by atoms with Gasteiger partial charge in [-0.15, -0.1) is 0 Å². The molecule has 0 radical (unpaired) electrons. The van der Waals surface area contributed by atoms with E-state index >= 15 is 0 Å². The third-order valence-electron chi connectivity index (χ3n) is 3.82. The highest BCUT2D eigenvalue weighted by atomic mass is 16.6. The zero-order valence-corrected chi connectivity index (χ0v) is 17.9. The lowest BCUT2D eigenvalue weighted by molar-refractivity contribution is -0.393. The number of carbonyl (C=O) groups excluding carboxylic acids is 1. The average Bonchev–Trinajstić information content (AvgIpc) is 2.69. The van der Waals surface area contributed by atoms with Crippen LogP contribution in [0.25, 0.3) is 0 Å². The van der Waals surface area contributed by atoms with Gasteiger partial charge in [-0.1, -0.05) is 39.7 Å². The van der Waals surface area contributed by atoms with Crippen LogP contribution in [0.3, 0.4) is 0 Å². The first-order valence-corrected chi connectivity index (χ1v) is 9.72. The standard InChI is InChI=1S/C18H17N5O5.C3H8/c1-3-4-12-5-6-15(16(7-12)20-11(2)24)21-18-13(10-19)8-14(22(25)26)9-17(18)23(27)28;1-3-2/h5-9,21H,3-4H2,1-2H3,(H,20,24);3H2,1-2H3. The van der Waals surface area contributed by atoms with Gasteiger partial charge in [-0.3, -0.25) is 25.0 Å². The van der Waals surface area contributed by atoms with E-state index in [1.54, 1.807) is 24.3 Å². The second kappa shape index (κ2) is 11.9. The van der Waals surface area contributed by atoms with Gasteiger partial charge in [0.25, 0.3) is 5.69 Å². The van der Waals surface area contributed by atoms with Gasteiger partial charge in [-0.05, 0) is 24.1 Å². The van der Waals surface area contributed by atoms with Gasteiger partial charge >= 0.3 is 5.69 Å². The van der Waals surface area contributed by atoms with Crippen LogP contribution in [0.1, 0.15) is 51.7 Å². The number of nitriles is 1. The fraction of sp³-hybridized carbons (Fsp3) is 0.333. The molecule has 0 heterocycles. The molecule has 164 valence electrons. The smallest absolute Gasteiger partial charge is 0.300 e. The molecule has 0 saturated carbocycles. The summed E-state index contributed by atoms with van der Waals surface area (Å²) in [5.41, 5.74) is 0.0422. The number of nitro benzene ring substituents is 2. The normalized spacial score (nSPS) is 9.65. The molecule has 0 bridgehead atoms. The topological polar surface area (TPSA) is 151 Å². The molecule has 0 aliphatic heterocycles. The second-order valence-electron chi connectivity index (χ2n) is 6.66. The second-order valence-corrected chi connectivity index (χ2v) is 6.66. The molecule has 2 aromatic carbocycles. The maximum Gasteiger partial charge on any atom is 0.300 e. The summed E-state index contributed by atoms with van der Waals surface area (Å²) >= 11 is 0. The highest BCUT2D eigenvalue weighted by Gasteiger charge is 2.25. The van der Waals surface area contributed by atoms with Gasteiger partial charge in [0.2, 0.25) is 5.91 Å². The van der Waals surface area contributed by atoms with E-state index in [1.807, 2.05) is 6.92 Å². The Morgan fingerprint density at radius 3 is 2.19 bits per heavy atom. The van der Waals surface area contributed by atoms with Crippen LogP contribution in [0.5, 0.6) is 0 Å². The van der Waals surface area contributed by atoms with Gasteiger partial charge in [-0.25, -0.2) is 0 Å². The van der Waals surface area contributed by atoms with Gasteiger partial charge in [0.15, 0.2) is 0 Å². The molecule has 2 N–H and O–H groups in total. The molecule has 2 rings (SSSR count). The Labute approximate surface area is 180 Å². The van der Waals surface area contributed by atoms with Gasteiger partial charge in [0, 0.05) is 13.0 Å². The van der Waals surface area contributed by atoms with Crippen molar-refractivity contribution in [3.05, 3.63) is 61.7 Å². The summed E-state index contributed by atoms with van der Waals surface area (Å²) in [5.74, 6) is -0.338. The third kappa shape index (κ3) is 7.08. The molecule has 31 heavy (non-hydrogen) atoms. The number of amides is 1. The number of rotatable bonds is 7. The highest BCUT2D eigenvalue weighted by Crippen LogP contribution is 2.37. The summed E-state index contributed by atoms with van der Waals surface area (Å²) in [6.45, 7) is 7.58. The zero-order chi connectivity index (χ0) is 23.6. The minimum Gasteiger partial charge on any atom is -0.347 e. The lowest BCUT2D eigenvalue weighted by atomic mass is 10.1. The van der Waals surface area contributed by atoms with Crippen molar-refractivity contribution in [3.8, 4) is 6.07 Å². The molecule has 0 saturated heterocycles. The number of nitrogens with one attached hydrogen (secondary N) is 2. The number of hydrogen-bond acceptors (Lipinski definition) is 7. The van der Waals surface area contributed by atoms with E-state index in [1.165, 1.54) is 13.3 Å². The van der Waals surface area contributed by atoms with Gasteiger partial charge in [0.05, 0.1) is 32.9 Å². The minimum absolute atomic E-state index is 0.187. The van der Waals surface area contributed by atoms with Crippen molar-refractivity contribution in [2.24, 2.45) is 0 Å². The maximum absolute atomic E-state index is 11.5. The molecule has 2 aromatic rings. The Morgan fingerprint density at radius 2 is 1.71 bits per heavy atom. The third-order valence-corrected chi connectivity index (χ3v) is 3.82.